The van der Waals surface area contributed by atoms with Crippen molar-refractivity contribution < 1.29 is 4.79 Å². The van der Waals surface area contributed by atoms with Crippen LogP contribution in [0.2, 0.25) is 10.0 Å². The zero-order valence-corrected chi connectivity index (χ0v) is 16.3. The van der Waals surface area contributed by atoms with Gasteiger partial charge in [0.15, 0.2) is 0 Å². The van der Waals surface area contributed by atoms with E-state index in [4.69, 9.17) is 23.2 Å². The molecule has 0 atom stereocenters. The number of hydrogen-bond acceptors (Lipinski definition) is 2. The van der Waals surface area contributed by atoms with Gasteiger partial charge in [-0.2, -0.15) is 0 Å². The molecular weight excluding hydrogens is 381 g/mol. The topological polar surface area (TPSA) is 46.9 Å². The molecule has 0 unspecified atom stereocenters. The first-order chi connectivity index (χ1) is 13.0. The summed E-state index contributed by atoms with van der Waals surface area (Å²) in [5.74, 6) is 0.778. The van der Waals surface area contributed by atoms with E-state index in [9.17, 15) is 4.79 Å². The molecule has 6 heteroatoms. The van der Waals surface area contributed by atoms with Crippen molar-refractivity contribution in [3.8, 4) is 0 Å². The molecule has 0 saturated heterocycles. The van der Waals surface area contributed by atoms with Crippen LogP contribution < -0.4 is 5.32 Å². The summed E-state index contributed by atoms with van der Waals surface area (Å²) in [5, 5.41) is 3.78. The van der Waals surface area contributed by atoms with Gasteiger partial charge in [0.25, 0.3) is 0 Å². The molecule has 1 N–H and O–H groups in total. The first-order valence-electron chi connectivity index (χ1n) is 8.48. The molecule has 0 radical (unpaired) electrons. The van der Waals surface area contributed by atoms with Crippen LogP contribution in [-0.2, 0) is 17.9 Å². The number of hydrogen-bond donors (Lipinski definition) is 1. The van der Waals surface area contributed by atoms with E-state index >= 15 is 0 Å². The molecule has 138 valence electrons. The smallest absolute Gasteiger partial charge is 0.244 e. The molecule has 1 heterocycles. The van der Waals surface area contributed by atoms with Crippen LogP contribution in [0.3, 0.4) is 0 Å². The summed E-state index contributed by atoms with van der Waals surface area (Å²) in [6.45, 7) is 3.17. The molecule has 4 nitrogen and oxygen atoms in total. The number of amides is 1. The molecule has 27 heavy (non-hydrogen) atoms. The molecule has 0 saturated carbocycles. The Morgan fingerprint density at radius 1 is 1.19 bits per heavy atom. The molecule has 2 aromatic carbocycles. The number of halogens is 2. The quantitative estimate of drug-likeness (QED) is 0.600. The summed E-state index contributed by atoms with van der Waals surface area (Å²) in [6, 6.07) is 13.4. The van der Waals surface area contributed by atoms with Gasteiger partial charge >= 0.3 is 0 Å². The van der Waals surface area contributed by atoms with E-state index in [0.717, 1.165) is 23.5 Å². The second-order valence-corrected chi connectivity index (χ2v) is 6.90. The lowest BCUT2D eigenvalue weighted by atomic mass is 10.1. The highest BCUT2D eigenvalue weighted by atomic mass is 35.5. The SMILES string of the molecule is Cc1nccn1Cc1cccc(CNC(=O)/C=C/c2cccc(Cl)c2Cl)c1. The van der Waals surface area contributed by atoms with E-state index in [-0.39, 0.29) is 5.91 Å². The Morgan fingerprint density at radius 2 is 1.96 bits per heavy atom. The highest BCUT2D eigenvalue weighted by Gasteiger charge is 2.03. The molecule has 1 amide bonds. The highest BCUT2D eigenvalue weighted by molar-refractivity contribution is 6.42. The Bertz CT molecular complexity index is 979. The number of aryl methyl sites for hydroxylation is 1. The number of carbonyl (C=O) groups excluding carboxylic acids is 1. The number of imidazole rings is 1. The molecule has 3 rings (SSSR count). The molecule has 0 spiro atoms. The first kappa shape index (κ1) is 19.2. The Labute approximate surface area is 168 Å². The molecule has 0 aliphatic carbocycles. The average Bonchev–Trinajstić information content (AvgIpc) is 3.06. The number of nitrogens with one attached hydrogen (secondary N) is 1. The Hall–Kier alpha value is -2.56. The predicted octanol–water partition coefficient (Wildman–Crippen LogP) is 4.88. The van der Waals surface area contributed by atoms with Gasteiger partial charge in [0.2, 0.25) is 5.91 Å². The lowest BCUT2D eigenvalue weighted by Gasteiger charge is -2.08. The molecule has 1 aromatic heterocycles. The van der Waals surface area contributed by atoms with Crippen molar-refractivity contribution in [2.24, 2.45) is 0 Å². The fourth-order valence-corrected chi connectivity index (χ4v) is 3.04. The highest BCUT2D eigenvalue weighted by Crippen LogP contribution is 2.26. The van der Waals surface area contributed by atoms with Gasteiger partial charge in [-0.3, -0.25) is 4.79 Å². The molecule has 3 aromatic rings. The maximum atomic E-state index is 12.1. The average molecular weight is 400 g/mol. The molecule has 0 aliphatic rings. The number of benzene rings is 2. The number of nitrogens with zero attached hydrogens (tertiary/aromatic N) is 2. The van der Waals surface area contributed by atoms with E-state index in [2.05, 4.69) is 27.0 Å². The minimum atomic E-state index is -0.193. The van der Waals surface area contributed by atoms with Gasteiger partial charge < -0.3 is 9.88 Å². The summed E-state index contributed by atoms with van der Waals surface area (Å²) in [5.41, 5.74) is 2.90. The van der Waals surface area contributed by atoms with Crippen LogP contribution >= 0.6 is 23.2 Å². The second-order valence-electron chi connectivity index (χ2n) is 6.12. The van der Waals surface area contributed by atoms with Crippen LogP contribution in [0.5, 0.6) is 0 Å². The van der Waals surface area contributed by atoms with Gasteiger partial charge in [-0.25, -0.2) is 4.98 Å². The van der Waals surface area contributed by atoms with E-state index in [1.165, 1.54) is 6.08 Å². The Morgan fingerprint density at radius 3 is 2.74 bits per heavy atom. The lowest BCUT2D eigenvalue weighted by molar-refractivity contribution is -0.116. The summed E-state index contributed by atoms with van der Waals surface area (Å²) in [4.78, 5) is 16.3. The number of carbonyl (C=O) groups is 1. The van der Waals surface area contributed by atoms with Crippen LogP contribution in [0, 0.1) is 6.92 Å². The molecule has 0 fully saturated rings. The number of rotatable bonds is 6. The fraction of sp³-hybridized carbons (Fsp3) is 0.143. The molecular formula is C21H19Cl2N3O. The van der Waals surface area contributed by atoms with Crippen molar-refractivity contribution >= 4 is 35.2 Å². The summed E-state index contributed by atoms with van der Waals surface area (Å²) in [6.07, 6.45) is 6.85. The van der Waals surface area contributed by atoms with Gasteiger partial charge in [0.1, 0.15) is 5.82 Å². The zero-order valence-electron chi connectivity index (χ0n) is 14.8. The van der Waals surface area contributed by atoms with Crippen LogP contribution in [0.15, 0.2) is 60.9 Å². The van der Waals surface area contributed by atoms with Crippen LogP contribution in [0.25, 0.3) is 6.08 Å². The van der Waals surface area contributed by atoms with Crippen LogP contribution in [0.4, 0.5) is 0 Å². The molecule has 0 aliphatic heterocycles. The van der Waals surface area contributed by atoms with Gasteiger partial charge in [0.05, 0.1) is 10.0 Å². The van der Waals surface area contributed by atoms with Gasteiger partial charge in [-0.15, -0.1) is 0 Å². The maximum Gasteiger partial charge on any atom is 0.244 e. The summed E-state index contributed by atoms with van der Waals surface area (Å²) >= 11 is 12.1. The minimum Gasteiger partial charge on any atom is -0.348 e. The molecule has 0 bridgehead atoms. The lowest BCUT2D eigenvalue weighted by Crippen LogP contribution is -2.20. The van der Waals surface area contributed by atoms with E-state index < -0.39 is 0 Å². The van der Waals surface area contributed by atoms with E-state index in [0.29, 0.717) is 22.2 Å². The van der Waals surface area contributed by atoms with E-state index in [1.807, 2.05) is 25.3 Å². The largest absolute Gasteiger partial charge is 0.348 e. The third-order valence-corrected chi connectivity index (χ3v) is 4.96. The monoisotopic (exact) mass is 399 g/mol. The first-order valence-corrected chi connectivity index (χ1v) is 9.24. The van der Waals surface area contributed by atoms with Crippen molar-refractivity contribution in [3.05, 3.63) is 93.5 Å². The standard InChI is InChI=1S/C21H19Cl2N3O/c1-15-24-10-11-26(15)14-17-5-2-4-16(12-17)13-25-20(27)9-8-18-6-3-7-19(22)21(18)23/h2-12H,13-14H2,1H3,(H,25,27)/b9-8+. The third-order valence-electron chi connectivity index (χ3n) is 4.13. The summed E-state index contributed by atoms with van der Waals surface area (Å²) in [7, 11) is 0. The fourth-order valence-electron chi connectivity index (χ4n) is 2.67. The maximum absolute atomic E-state index is 12.1. The van der Waals surface area contributed by atoms with Gasteiger partial charge in [-0.05, 0) is 35.8 Å². The normalized spacial score (nSPS) is 11.1. The van der Waals surface area contributed by atoms with Crippen molar-refractivity contribution in [1.82, 2.24) is 14.9 Å². The van der Waals surface area contributed by atoms with Crippen LogP contribution in [-0.4, -0.2) is 15.5 Å². The number of aromatic nitrogens is 2. The van der Waals surface area contributed by atoms with Crippen molar-refractivity contribution in [1.29, 1.82) is 0 Å². The summed E-state index contributed by atoms with van der Waals surface area (Å²) < 4.78 is 2.08. The zero-order chi connectivity index (χ0) is 19.2. The second kappa shape index (κ2) is 8.89. The van der Waals surface area contributed by atoms with Crippen molar-refractivity contribution in [3.63, 3.8) is 0 Å². The third kappa shape index (κ3) is 5.22. The predicted molar refractivity (Wildman–Crippen MR) is 110 cm³/mol. The minimum absolute atomic E-state index is 0.193. The van der Waals surface area contributed by atoms with Crippen LogP contribution in [0.1, 0.15) is 22.5 Å². The van der Waals surface area contributed by atoms with Crippen molar-refractivity contribution in [2.45, 2.75) is 20.0 Å². The Balaban J connectivity index is 1.59. The van der Waals surface area contributed by atoms with Crippen molar-refractivity contribution in [2.75, 3.05) is 0 Å². The van der Waals surface area contributed by atoms with Gasteiger partial charge in [-0.1, -0.05) is 59.6 Å². The Kier molecular flexibility index (Phi) is 6.32. The van der Waals surface area contributed by atoms with E-state index in [1.54, 1.807) is 30.5 Å². The van der Waals surface area contributed by atoms with Gasteiger partial charge in [0, 0.05) is 31.6 Å².